The van der Waals surface area contributed by atoms with Crippen molar-refractivity contribution >= 4 is 33.7 Å². The van der Waals surface area contributed by atoms with Gasteiger partial charge in [0.2, 0.25) is 5.91 Å². The number of hydrogen-bond acceptors (Lipinski definition) is 3. The summed E-state index contributed by atoms with van der Waals surface area (Å²) in [7, 11) is 1.81. The fourth-order valence-corrected chi connectivity index (χ4v) is 2.61. The summed E-state index contributed by atoms with van der Waals surface area (Å²) in [5, 5.41) is 11.1. The van der Waals surface area contributed by atoms with E-state index in [-0.39, 0.29) is 11.7 Å². The molecule has 0 fully saturated rings. The predicted molar refractivity (Wildman–Crippen MR) is 96.3 cm³/mol. The van der Waals surface area contributed by atoms with E-state index in [1.807, 2.05) is 7.05 Å². The first-order chi connectivity index (χ1) is 12.0. The van der Waals surface area contributed by atoms with Crippen LogP contribution in [0.3, 0.4) is 0 Å². The lowest BCUT2D eigenvalue weighted by molar-refractivity contribution is -0.111. The molecule has 0 aliphatic heterocycles. The third-order valence-corrected chi connectivity index (χ3v) is 3.95. The number of anilines is 1. The molecule has 1 N–H and O–H groups in total. The van der Waals surface area contributed by atoms with Crippen molar-refractivity contribution in [1.82, 2.24) is 19.6 Å². The van der Waals surface area contributed by atoms with E-state index < -0.39 is 0 Å². The average molecular weight is 404 g/mol. The van der Waals surface area contributed by atoms with Gasteiger partial charge in [-0.05, 0) is 39.7 Å². The zero-order valence-corrected chi connectivity index (χ0v) is 14.9. The molecule has 0 unspecified atom stereocenters. The van der Waals surface area contributed by atoms with Crippen molar-refractivity contribution in [1.29, 1.82) is 0 Å². The predicted octanol–water partition coefficient (Wildman–Crippen LogP) is 3.22. The molecule has 8 heteroatoms. The van der Waals surface area contributed by atoms with E-state index in [0.717, 1.165) is 11.1 Å². The Balaban J connectivity index is 1.64. The maximum Gasteiger partial charge on any atom is 0.249 e. The second-order valence-corrected chi connectivity index (χ2v) is 6.27. The van der Waals surface area contributed by atoms with Crippen molar-refractivity contribution in [3.05, 3.63) is 70.3 Å². The van der Waals surface area contributed by atoms with Gasteiger partial charge in [0.1, 0.15) is 5.82 Å². The molecule has 0 radical (unpaired) electrons. The number of benzene rings is 1. The molecule has 25 heavy (non-hydrogen) atoms. The van der Waals surface area contributed by atoms with Gasteiger partial charge in [-0.3, -0.25) is 14.2 Å². The minimum Gasteiger partial charge on any atom is -0.305 e. The molecule has 6 nitrogen and oxygen atoms in total. The Morgan fingerprint density at radius 2 is 2.08 bits per heavy atom. The Hall–Kier alpha value is -2.74. The number of hydrogen-bond donors (Lipinski definition) is 1. The van der Waals surface area contributed by atoms with Gasteiger partial charge in [-0.2, -0.15) is 10.2 Å². The Morgan fingerprint density at radius 1 is 1.32 bits per heavy atom. The van der Waals surface area contributed by atoms with Crippen LogP contribution in [0.25, 0.3) is 6.08 Å². The summed E-state index contributed by atoms with van der Waals surface area (Å²) < 4.78 is 16.9. The van der Waals surface area contributed by atoms with Crippen molar-refractivity contribution < 1.29 is 9.18 Å². The molecular weight excluding hydrogens is 389 g/mol. The standard InChI is InChI=1S/C17H15BrFN5O/c1-23-9-13(8-20-23)4-7-16(25)21-17-15(18)11-24(22-17)10-12-2-5-14(19)6-3-12/h2-9,11H,10H2,1H3,(H,21,22,25)/b7-4+. The zero-order chi connectivity index (χ0) is 17.8. The van der Waals surface area contributed by atoms with Gasteiger partial charge in [0.25, 0.3) is 0 Å². The van der Waals surface area contributed by atoms with E-state index in [2.05, 4.69) is 31.4 Å². The van der Waals surface area contributed by atoms with E-state index in [0.29, 0.717) is 16.8 Å². The Bertz CT molecular complexity index is 914. The molecule has 3 aromatic rings. The van der Waals surface area contributed by atoms with Crippen LogP contribution in [0, 0.1) is 5.82 Å². The third-order valence-electron chi connectivity index (χ3n) is 3.37. The van der Waals surface area contributed by atoms with Crippen molar-refractivity contribution in [2.45, 2.75) is 6.54 Å². The van der Waals surface area contributed by atoms with Crippen LogP contribution in [-0.4, -0.2) is 25.5 Å². The summed E-state index contributed by atoms with van der Waals surface area (Å²) >= 11 is 3.37. The van der Waals surface area contributed by atoms with E-state index in [9.17, 15) is 9.18 Å². The van der Waals surface area contributed by atoms with Gasteiger partial charge >= 0.3 is 0 Å². The largest absolute Gasteiger partial charge is 0.305 e. The van der Waals surface area contributed by atoms with Crippen LogP contribution in [0.4, 0.5) is 10.2 Å². The van der Waals surface area contributed by atoms with Crippen molar-refractivity contribution in [3.8, 4) is 0 Å². The Morgan fingerprint density at radius 3 is 2.76 bits per heavy atom. The van der Waals surface area contributed by atoms with Gasteiger partial charge in [-0.1, -0.05) is 12.1 Å². The monoisotopic (exact) mass is 403 g/mol. The van der Waals surface area contributed by atoms with Crippen LogP contribution < -0.4 is 5.32 Å². The number of aryl methyl sites for hydroxylation is 1. The van der Waals surface area contributed by atoms with Gasteiger partial charge in [0.05, 0.1) is 17.2 Å². The normalized spacial score (nSPS) is 11.2. The average Bonchev–Trinajstić information content (AvgIpc) is 3.14. The van der Waals surface area contributed by atoms with E-state index in [1.54, 1.807) is 46.2 Å². The molecule has 3 rings (SSSR count). The minimum absolute atomic E-state index is 0.279. The Labute approximate surface area is 152 Å². The highest BCUT2D eigenvalue weighted by Crippen LogP contribution is 2.21. The number of rotatable bonds is 5. The first kappa shape index (κ1) is 17.1. The van der Waals surface area contributed by atoms with Gasteiger partial charge < -0.3 is 5.32 Å². The number of carbonyl (C=O) groups excluding carboxylic acids is 1. The highest BCUT2D eigenvalue weighted by atomic mass is 79.9. The van der Waals surface area contributed by atoms with Crippen molar-refractivity contribution in [2.75, 3.05) is 5.32 Å². The summed E-state index contributed by atoms with van der Waals surface area (Å²) in [5.41, 5.74) is 1.74. The molecule has 1 aromatic carbocycles. The first-order valence-corrected chi connectivity index (χ1v) is 8.24. The maximum atomic E-state index is 12.9. The second kappa shape index (κ2) is 7.43. The smallest absolute Gasteiger partial charge is 0.249 e. The van der Waals surface area contributed by atoms with Crippen molar-refractivity contribution in [3.63, 3.8) is 0 Å². The fraction of sp³-hybridized carbons (Fsp3) is 0.118. The molecule has 128 valence electrons. The maximum absolute atomic E-state index is 12.9. The van der Waals surface area contributed by atoms with Gasteiger partial charge in [-0.15, -0.1) is 0 Å². The Kier molecular flexibility index (Phi) is 5.08. The van der Waals surface area contributed by atoms with Gasteiger partial charge in [-0.25, -0.2) is 4.39 Å². The van der Waals surface area contributed by atoms with Gasteiger partial charge in [0.15, 0.2) is 5.82 Å². The van der Waals surface area contributed by atoms with E-state index in [4.69, 9.17) is 0 Å². The van der Waals surface area contributed by atoms with Crippen LogP contribution in [0.15, 0.2) is 53.4 Å². The number of aromatic nitrogens is 4. The number of nitrogens with one attached hydrogen (secondary N) is 1. The molecule has 0 aliphatic rings. The van der Waals surface area contributed by atoms with E-state index in [1.165, 1.54) is 18.2 Å². The zero-order valence-electron chi connectivity index (χ0n) is 13.4. The molecule has 0 saturated heterocycles. The molecule has 0 bridgehead atoms. The topological polar surface area (TPSA) is 64.7 Å². The number of carbonyl (C=O) groups is 1. The van der Waals surface area contributed by atoms with Crippen LogP contribution in [0.1, 0.15) is 11.1 Å². The first-order valence-electron chi connectivity index (χ1n) is 7.45. The summed E-state index contributed by atoms with van der Waals surface area (Å²) in [6.07, 6.45) is 8.31. The lowest BCUT2D eigenvalue weighted by atomic mass is 10.2. The number of halogens is 2. The molecule has 1 amide bonds. The fourth-order valence-electron chi connectivity index (χ4n) is 2.20. The van der Waals surface area contributed by atoms with E-state index >= 15 is 0 Å². The van der Waals surface area contributed by atoms with Crippen LogP contribution >= 0.6 is 15.9 Å². The van der Waals surface area contributed by atoms with Crippen LogP contribution in [0.2, 0.25) is 0 Å². The number of amides is 1. The summed E-state index contributed by atoms with van der Waals surface area (Å²) in [5.74, 6) is -0.154. The number of nitrogens with zero attached hydrogens (tertiary/aromatic N) is 4. The third kappa shape index (κ3) is 4.63. The molecule has 0 aliphatic carbocycles. The van der Waals surface area contributed by atoms with Gasteiger partial charge in [0, 0.05) is 31.1 Å². The summed E-state index contributed by atoms with van der Waals surface area (Å²) in [4.78, 5) is 12.0. The minimum atomic E-state index is -0.295. The highest BCUT2D eigenvalue weighted by molar-refractivity contribution is 9.10. The molecule has 0 saturated carbocycles. The molecular formula is C17H15BrFN5O. The van der Waals surface area contributed by atoms with Crippen LogP contribution in [-0.2, 0) is 18.4 Å². The highest BCUT2D eigenvalue weighted by Gasteiger charge is 2.09. The molecule has 2 heterocycles. The second-order valence-electron chi connectivity index (χ2n) is 5.42. The molecule has 0 atom stereocenters. The van der Waals surface area contributed by atoms with Crippen molar-refractivity contribution in [2.24, 2.45) is 7.05 Å². The summed E-state index contributed by atoms with van der Waals surface area (Å²) in [6, 6.07) is 6.19. The SMILES string of the molecule is Cn1cc(/C=C/C(=O)Nc2nn(Cc3ccc(F)cc3)cc2Br)cn1. The summed E-state index contributed by atoms with van der Waals surface area (Å²) in [6.45, 7) is 0.472. The lowest BCUT2D eigenvalue weighted by Gasteiger charge is -2.01. The molecule has 2 aromatic heterocycles. The molecule has 0 spiro atoms. The quantitative estimate of drug-likeness (QED) is 0.665. The van der Waals surface area contributed by atoms with Crippen LogP contribution in [0.5, 0.6) is 0 Å². The lowest BCUT2D eigenvalue weighted by Crippen LogP contribution is -2.09.